The fourth-order valence-corrected chi connectivity index (χ4v) is 3.51. The molecule has 0 aliphatic carbocycles. The molecule has 1 aromatic carbocycles. The number of nitrogens with zero attached hydrogens (tertiary/aromatic N) is 4. The van der Waals surface area contributed by atoms with E-state index < -0.39 is 11.9 Å². The number of benzene rings is 1. The van der Waals surface area contributed by atoms with Crippen molar-refractivity contribution in [2.45, 2.75) is 13.0 Å². The molecule has 3 rings (SSSR count). The van der Waals surface area contributed by atoms with Crippen molar-refractivity contribution in [2.75, 3.05) is 37.6 Å². The summed E-state index contributed by atoms with van der Waals surface area (Å²) in [5, 5.41) is 21.6. The van der Waals surface area contributed by atoms with E-state index in [2.05, 4.69) is 21.3 Å². The molecule has 0 saturated carbocycles. The number of carbonyl (C=O) groups is 2. The maximum absolute atomic E-state index is 12.2. The van der Waals surface area contributed by atoms with Gasteiger partial charge in [-0.1, -0.05) is 30.3 Å². The van der Waals surface area contributed by atoms with E-state index in [1.807, 2.05) is 35.2 Å². The van der Waals surface area contributed by atoms with E-state index in [0.29, 0.717) is 50.6 Å². The monoisotopic (exact) mass is 407 g/mol. The van der Waals surface area contributed by atoms with Crippen molar-refractivity contribution < 1.29 is 14.7 Å². The van der Waals surface area contributed by atoms with E-state index in [-0.39, 0.29) is 12.3 Å². The van der Waals surface area contributed by atoms with Crippen LogP contribution in [0.2, 0.25) is 0 Å². The third-order valence-electron chi connectivity index (χ3n) is 5.17. The highest BCUT2D eigenvalue weighted by atomic mass is 16.4. The number of pyridine rings is 1. The molecule has 1 amide bonds. The van der Waals surface area contributed by atoms with E-state index in [9.17, 15) is 20.0 Å². The predicted molar refractivity (Wildman–Crippen MR) is 112 cm³/mol. The fraction of sp³-hybridized carbons (Fsp3) is 0.364. The Morgan fingerprint density at radius 1 is 1.13 bits per heavy atom. The van der Waals surface area contributed by atoms with E-state index in [4.69, 9.17) is 0 Å². The molecule has 1 aromatic heterocycles. The third kappa shape index (κ3) is 5.78. The number of carbonyl (C=O) groups excluding carboxylic acids is 1. The van der Waals surface area contributed by atoms with Gasteiger partial charge in [0.05, 0.1) is 11.5 Å². The molecule has 8 heteroatoms. The molecule has 0 bridgehead atoms. The van der Waals surface area contributed by atoms with Gasteiger partial charge in [-0.3, -0.25) is 14.5 Å². The van der Waals surface area contributed by atoms with Gasteiger partial charge in [-0.15, -0.1) is 0 Å². The van der Waals surface area contributed by atoms with Crippen molar-refractivity contribution in [3.05, 3.63) is 59.8 Å². The molecule has 1 aliphatic heterocycles. The Labute approximate surface area is 175 Å². The lowest BCUT2D eigenvalue weighted by atomic mass is 10.0. The Balaban J connectivity index is 1.49. The van der Waals surface area contributed by atoms with E-state index >= 15 is 0 Å². The molecule has 8 nitrogen and oxygen atoms in total. The number of nitrogens with one attached hydrogen (secondary N) is 1. The highest BCUT2D eigenvalue weighted by Crippen LogP contribution is 2.19. The molecule has 1 saturated heterocycles. The number of nitriles is 1. The molecular formula is C22H25N5O3. The average Bonchev–Trinajstić information content (AvgIpc) is 2.78. The number of amides is 1. The number of piperazine rings is 1. The summed E-state index contributed by atoms with van der Waals surface area (Å²) >= 11 is 0. The maximum atomic E-state index is 12.2. The minimum absolute atomic E-state index is 0.0544. The van der Waals surface area contributed by atoms with Gasteiger partial charge < -0.3 is 15.3 Å². The lowest BCUT2D eigenvalue weighted by Crippen LogP contribution is -2.49. The molecule has 0 radical (unpaired) electrons. The Morgan fingerprint density at radius 3 is 2.53 bits per heavy atom. The van der Waals surface area contributed by atoms with E-state index in [1.54, 1.807) is 18.3 Å². The van der Waals surface area contributed by atoms with Gasteiger partial charge in [0.25, 0.3) is 0 Å². The molecule has 2 N–H and O–H groups in total. The van der Waals surface area contributed by atoms with Gasteiger partial charge in [-0.2, -0.15) is 5.26 Å². The van der Waals surface area contributed by atoms with E-state index in [1.165, 1.54) is 0 Å². The Hall–Kier alpha value is -3.44. The van der Waals surface area contributed by atoms with Gasteiger partial charge in [0.1, 0.15) is 11.9 Å². The van der Waals surface area contributed by atoms with Gasteiger partial charge in [0.15, 0.2) is 0 Å². The molecule has 1 atom stereocenters. The number of rotatable bonds is 8. The van der Waals surface area contributed by atoms with Crippen LogP contribution >= 0.6 is 0 Å². The number of hydrogen-bond donors (Lipinski definition) is 2. The molecule has 1 aliphatic rings. The van der Waals surface area contributed by atoms with Crippen molar-refractivity contribution in [2.24, 2.45) is 5.92 Å². The van der Waals surface area contributed by atoms with Crippen molar-refractivity contribution in [1.29, 1.82) is 5.26 Å². The first kappa shape index (κ1) is 21.3. The number of hydrogen-bond acceptors (Lipinski definition) is 6. The van der Waals surface area contributed by atoms with Crippen LogP contribution in [0.1, 0.15) is 17.5 Å². The van der Waals surface area contributed by atoms with Crippen LogP contribution in [0, 0.1) is 17.2 Å². The normalized spacial score (nSPS) is 15.2. The predicted octanol–water partition coefficient (Wildman–Crippen LogP) is 1.48. The van der Waals surface area contributed by atoms with Crippen molar-refractivity contribution in [3.8, 4) is 6.07 Å². The van der Waals surface area contributed by atoms with Crippen molar-refractivity contribution in [1.82, 2.24) is 15.2 Å². The van der Waals surface area contributed by atoms with Gasteiger partial charge in [0.2, 0.25) is 5.91 Å². The largest absolute Gasteiger partial charge is 0.481 e. The second-order valence-corrected chi connectivity index (χ2v) is 7.28. The smallest absolute Gasteiger partial charge is 0.308 e. The number of aliphatic carboxylic acids is 1. The summed E-state index contributed by atoms with van der Waals surface area (Å²) in [5.74, 6) is -1.34. The Morgan fingerprint density at radius 2 is 1.87 bits per heavy atom. The highest BCUT2D eigenvalue weighted by molar-refractivity contribution is 5.82. The van der Waals surface area contributed by atoms with Gasteiger partial charge >= 0.3 is 5.97 Å². The lowest BCUT2D eigenvalue weighted by molar-refractivity contribution is -0.144. The van der Waals surface area contributed by atoms with Gasteiger partial charge in [0, 0.05) is 51.9 Å². The average molecular weight is 407 g/mol. The maximum Gasteiger partial charge on any atom is 0.308 e. The SMILES string of the molecule is N#Cc1cccnc1N1CCN(CC(CC(=O)NCc2ccccc2)C(=O)O)CC1. The first-order chi connectivity index (χ1) is 14.6. The van der Waals surface area contributed by atoms with Crippen LogP contribution in [-0.2, 0) is 16.1 Å². The summed E-state index contributed by atoms with van der Waals surface area (Å²) < 4.78 is 0. The van der Waals surface area contributed by atoms with Crippen molar-refractivity contribution >= 4 is 17.7 Å². The van der Waals surface area contributed by atoms with Gasteiger partial charge in [-0.05, 0) is 17.7 Å². The van der Waals surface area contributed by atoms with Crippen LogP contribution in [0.3, 0.4) is 0 Å². The van der Waals surface area contributed by atoms with Gasteiger partial charge in [-0.25, -0.2) is 4.98 Å². The minimum Gasteiger partial charge on any atom is -0.481 e. The molecule has 1 fully saturated rings. The highest BCUT2D eigenvalue weighted by Gasteiger charge is 2.27. The lowest BCUT2D eigenvalue weighted by Gasteiger charge is -2.36. The molecule has 0 spiro atoms. The van der Waals surface area contributed by atoms with Crippen LogP contribution < -0.4 is 10.2 Å². The summed E-state index contributed by atoms with van der Waals surface area (Å²) in [6.07, 6.45) is 1.61. The molecule has 2 heterocycles. The molecule has 2 aromatic rings. The summed E-state index contributed by atoms with van der Waals surface area (Å²) in [7, 11) is 0. The first-order valence-corrected chi connectivity index (χ1v) is 9.92. The van der Waals surface area contributed by atoms with Crippen LogP contribution in [0.15, 0.2) is 48.7 Å². The minimum atomic E-state index is -0.969. The van der Waals surface area contributed by atoms with Crippen LogP contribution in [0.4, 0.5) is 5.82 Å². The number of anilines is 1. The third-order valence-corrected chi connectivity index (χ3v) is 5.17. The number of carboxylic acid groups (broad SMARTS) is 1. The topological polar surface area (TPSA) is 110 Å². The molecule has 30 heavy (non-hydrogen) atoms. The standard InChI is InChI=1S/C22H25N5O3/c23-14-18-7-4-8-24-21(18)27-11-9-26(10-12-27)16-19(22(29)30)13-20(28)25-15-17-5-2-1-3-6-17/h1-8,19H,9-13,15-16H2,(H,25,28)(H,29,30). The summed E-state index contributed by atoms with van der Waals surface area (Å²) in [4.78, 5) is 32.3. The molecule has 156 valence electrons. The summed E-state index contributed by atoms with van der Waals surface area (Å²) in [6, 6.07) is 15.1. The molecular weight excluding hydrogens is 382 g/mol. The zero-order valence-corrected chi connectivity index (χ0v) is 16.7. The van der Waals surface area contributed by atoms with Crippen LogP contribution in [0.5, 0.6) is 0 Å². The number of aromatic nitrogens is 1. The zero-order chi connectivity index (χ0) is 21.3. The molecule has 1 unspecified atom stereocenters. The van der Waals surface area contributed by atoms with Crippen molar-refractivity contribution in [3.63, 3.8) is 0 Å². The van der Waals surface area contributed by atoms with Crippen LogP contribution in [0.25, 0.3) is 0 Å². The van der Waals surface area contributed by atoms with E-state index in [0.717, 1.165) is 5.56 Å². The quantitative estimate of drug-likeness (QED) is 0.682. The Kier molecular flexibility index (Phi) is 7.35. The second kappa shape index (κ2) is 10.4. The zero-order valence-electron chi connectivity index (χ0n) is 16.7. The first-order valence-electron chi connectivity index (χ1n) is 9.92. The van der Waals surface area contributed by atoms with Crippen LogP contribution in [-0.4, -0.2) is 59.6 Å². The Bertz CT molecular complexity index is 904. The fourth-order valence-electron chi connectivity index (χ4n) is 3.51. The second-order valence-electron chi connectivity index (χ2n) is 7.28. The number of carboxylic acids is 1. The summed E-state index contributed by atoms with van der Waals surface area (Å²) in [6.45, 7) is 3.30. The summed E-state index contributed by atoms with van der Waals surface area (Å²) in [5.41, 5.74) is 1.50.